The highest BCUT2D eigenvalue weighted by Crippen LogP contribution is 2.34. The van der Waals surface area contributed by atoms with E-state index in [4.69, 9.17) is 15.2 Å². The van der Waals surface area contributed by atoms with Crippen molar-refractivity contribution < 1.29 is 29.0 Å². The van der Waals surface area contributed by atoms with Crippen LogP contribution in [0.25, 0.3) is 5.57 Å². The second-order valence-corrected chi connectivity index (χ2v) is 7.74. The molecule has 1 aromatic carbocycles. The molecule has 1 unspecified atom stereocenters. The largest absolute Gasteiger partial charge is 0.461 e. The molecule has 9 nitrogen and oxygen atoms in total. The Bertz CT molecular complexity index is 798. The normalized spacial score (nSPS) is 16.1. The number of ether oxygens (including phenoxy) is 2. The van der Waals surface area contributed by atoms with Crippen LogP contribution in [-0.2, 0) is 9.59 Å². The number of hydrogen-bond donors (Lipinski definition) is 3. The molecule has 10 heteroatoms. The van der Waals surface area contributed by atoms with Gasteiger partial charge in [-0.25, -0.2) is 4.79 Å². The number of amides is 3. The quantitative estimate of drug-likeness (QED) is 0.377. The van der Waals surface area contributed by atoms with Crippen LogP contribution in [0.4, 0.5) is 4.79 Å². The summed E-state index contributed by atoms with van der Waals surface area (Å²) in [5.74, 6) is -0.178. The van der Waals surface area contributed by atoms with Gasteiger partial charge in [0.2, 0.25) is 18.1 Å². The number of aliphatic hydroxyl groups is 1. The van der Waals surface area contributed by atoms with Gasteiger partial charge in [0, 0.05) is 38.2 Å². The summed E-state index contributed by atoms with van der Waals surface area (Å²) < 4.78 is 10.1. The second-order valence-electron chi connectivity index (χ2n) is 6.23. The Morgan fingerprint density at radius 2 is 2.14 bits per heavy atom. The molecule has 3 amide bonds. The van der Waals surface area contributed by atoms with Crippen molar-refractivity contribution in [3.05, 3.63) is 29.8 Å². The summed E-state index contributed by atoms with van der Waals surface area (Å²) in [7, 11) is 1.53. The van der Waals surface area contributed by atoms with Crippen LogP contribution in [0.1, 0.15) is 18.9 Å². The van der Waals surface area contributed by atoms with Gasteiger partial charge in [0.1, 0.15) is 11.5 Å². The first-order valence-corrected chi connectivity index (χ1v) is 9.72. The number of primary amides is 1. The van der Waals surface area contributed by atoms with E-state index in [2.05, 4.69) is 5.32 Å². The fourth-order valence-corrected chi connectivity index (χ4v) is 3.11. The number of aliphatic hydroxyl groups excluding tert-OH is 1. The van der Waals surface area contributed by atoms with E-state index in [9.17, 15) is 19.5 Å². The number of benzene rings is 1. The maximum atomic E-state index is 12.2. The van der Waals surface area contributed by atoms with Crippen molar-refractivity contribution in [1.29, 1.82) is 0 Å². The molecule has 0 radical (unpaired) electrons. The molecule has 1 aliphatic heterocycles. The Kier molecular flexibility index (Phi) is 7.63. The number of halogens is 1. The van der Waals surface area contributed by atoms with Crippen molar-refractivity contribution in [3.8, 4) is 11.5 Å². The number of rotatable bonds is 7. The minimum atomic E-state index is -1.04. The van der Waals surface area contributed by atoms with E-state index in [1.165, 1.54) is 18.0 Å². The van der Waals surface area contributed by atoms with Crippen molar-refractivity contribution in [3.63, 3.8) is 0 Å². The topological polar surface area (TPSA) is 131 Å². The van der Waals surface area contributed by atoms with Gasteiger partial charge in [-0.15, -0.1) is 0 Å². The molecule has 0 bridgehead atoms. The molecule has 0 aromatic heterocycles. The van der Waals surface area contributed by atoms with Crippen LogP contribution in [-0.4, -0.2) is 58.3 Å². The van der Waals surface area contributed by atoms with Gasteiger partial charge in [0.05, 0.1) is 3.92 Å². The van der Waals surface area contributed by atoms with Crippen LogP contribution in [0, 0.1) is 0 Å². The standard InChI is InChI=1S/C18H22IN3O6/c1-10-7-16(24)28-14-8-11(3-4-12(10)14)27-18(26)22(2)6-5-21-17(25)13(19)9-15(20)23/h3-4,7-8,13,16,24H,5-6,9H2,1-2H3,(H2,20,23)(H,21,25)/t13-,16?/m1/s1. The second kappa shape index (κ2) is 9.73. The van der Waals surface area contributed by atoms with Gasteiger partial charge in [-0.05, 0) is 30.7 Å². The minimum Gasteiger partial charge on any atom is -0.461 e. The molecular formula is C18H22IN3O6. The van der Waals surface area contributed by atoms with E-state index in [-0.39, 0.29) is 31.2 Å². The fraction of sp³-hybridized carbons (Fsp3) is 0.389. The van der Waals surface area contributed by atoms with Gasteiger partial charge >= 0.3 is 6.09 Å². The molecule has 152 valence electrons. The number of nitrogens with one attached hydrogen (secondary N) is 1. The molecule has 1 aromatic rings. The Morgan fingerprint density at radius 3 is 2.82 bits per heavy atom. The summed E-state index contributed by atoms with van der Waals surface area (Å²) in [6, 6.07) is 4.91. The number of fused-ring (bicyclic) bond motifs is 1. The third-order valence-electron chi connectivity index (χ3n) is 3.95. The molecule has 4 N–H and O–H groups in total. The zero-order chi connectivity index (χ0) is 20.8. The third kappa shape index (κ3) is 6.09. The fourth-order valence-electron chi connectivity index (χ4n) is 2.45. The number of alkyl halides is 1. The summed E-state index contributed by atoms with van der Waals surface area (Å²) in [4.78, 5) is 36.1. The first-order valence-electron chi connectivity index (χ1n) is 8.48. The zero-order valence-corrected chi connectivity index (χ0v) is 17.6. The molecular weight excluding hydrogens is 481 g/mol. The van der Waals surface area contributed by atoms with Crippen molar-refractivity contribution in [2.45, 2.75) is 23.6 Å². The monoisotopic (exact) mass is 503 g/mol. The van der Waals surface area contributed by atoms with E-state index in [1.54, 1.807) is 18.2 Å². The third-order valence-corrected chi connectivity index (χ3v) is 4.95. The molecule has 2 rings (SSSR count). The van der Waals surface area contributed by atoms with Crippen molar-refractivity contribution >= 4 is 46.1 Å². The highest BCUT2D eigenvalue weighted by molar-refractivity contribution is 14.1. The summed E-state index contributed by atoms with van der Waals surface area (Å²) in [5, 5.41) is 12.3. The number of likely N-dealkylation sites (N-methyl/N-ethyl adjacent to an activating group) is 1. The SMILES string of the molecule is CC1=CC(O)Oc2cc(OC(=O)N(C)CCNC(=O)[C@H](I)CC(N)=O)ccc21. The number of nitrogens with zero attached hydrogens (tertiary/aromatic N) is 1. The zero-order valence-electron chi connectivity index (χ0n) is 15.5. The Hall–Kier alpha value is -2.34. The Morgan fingerprint density at radius 1 is 1.43 bits per heavy atom. The number of hydrogen-bond acceptors (Lipinski definition) is 6. The van der Waals surface area contributed by atoms with Crippen LogP contribution < -0.4 is 20.5 Å². The van der Waals surface area contributed by atoms with Crippen molar-refractivity contribution in [2.75, 3.05) is 20.1 Å². The van der Waals surface area contributed by atoms with Crippen LogP contribution >= 0.6 is 22.6 Å². The summed E-state index contributed by atoms with van der Waals surface area (Å²) in [5.41, 5.74) is 6.74. The maximum absolute atomic E-state index is 12.2. The van der Waals surface area contributed by atoms with E-state index < -0.39 is 22.2 Å². The summed E-state index contributed by atoms with van der Waals surface area (Å²) in [6.45, 7) is 2.26. The maximum Gasteiger partial charge on any atom is 0.415 e. The van der Waals surface area contributed by atoms with Gasteiger partial charge in [0.15, 0.2) is 0 Å². The Labute approximate surface area is 176 Å². The molecule has 1 aliphatic rings. The van der Waals surface area contributed by atoms with Crippen molar-refractivity contribution in [1.82, 2.24) is 10.2 Å². The molecule has 0 fully saturated rings. The van der Waals surface area contributed by atoms with Gasteiger partial charge < -0.3 is 30.5 Å². The van der Waals surface area contributed by atoms with Gasteiger partial charge in [-0.1, -0.05) is 22.6 Å². The van der Waals surface area contributed by atoms with Gasteiger partial charge in [-0.2, -0.15) is 0 Å². The molecule has 0 saturated carbocycles. The molecule has 0 aliphatic carbocycles. The van der Waals surface area contributed by atoms with Crippen LogP contribution in [0.2, 0.25) is 0 Å². The lowest BCUT2D eigenvalue weighted by molar-refractivity contribution is -0.124. The number of carbonyl (C=O) groups is 3. The van der Waals surface area contributed by atoms with E-state index in [0.717, 1.165) is 11.1 Å². The van der Waals surface area contributed by atoms with Crippen LogP contribution in [0.3, 0.4) is 0 Å². The van der Waals surface area contributed by atoms with E-state index >= 15 is 0 Å². The first-order chi connectivity index (χ1) is 13.2. The highest BCUT2D eigenvalue weighted by Gasteiger charge is 2.20. The van der Waals surface area contributed by atoms with E-state index in [0.29, 0.717) is 5.75 Å². The smallest absolute Gasteiger partial charge is 0.415 e. The first kappa shape index (κ1) is 22.0. The van der Waals surface area contributed by atoms with E-state index in [1.807, 2.05) is 29.5 Å². The molecule has 28 heavy (non-hydrogen) atoms. The average Bonchev–Trinajstić information content (AvgIpc) is 2.60. The number of nitrogens with two attached hydrogens (primary N) is 1. The summed E-state index contributed by atoms with van der Waals surface area (Å²) >= 11 is 1.84. The molecule has 0 spiro atoms. The van der Waals surface area contributed by atoms with Crippen molar-refractivity contribution in [2.24, 2.45) is 5.73 Å². The van der Waals surface area contributed by atoms with Crippen LogP contribution in [0.5, 0.6) is 11.5 Å². The number of carbonyl (C=O) groups excluding carboxylic acids is 3. The highest BCUT2D eigenvalue weighted by atomic mass is 127. The van der Waals surface area contributed by atoms with Gasteiger partial charge in [-0.3, -0.25) is 9.59 Å². The summed E-state index contributed by atoms with van der Waals surface area (Å²) in [6.07, 6.45) is -0.115. The molecule has 2 atom stereocenters. The minimum absolute atomic E-state index is 0.0476. The van der Waals surface area contributed by atoms with Crippen LogP contribution in [0.15, 0.2) is 24.3 Å². The molecule has 0 saturated heterocycles. The lowest BCUT2D eigenvalue weighted by Gasteiger charge is -2.22. The molecule has 1 heterocycles. The lowest BCUT2D eigenvalue weighted by Crippen LogP contribution is -2.40. The number of allylic oxidation sites excluding steroid dienone is 1. The van der Waals surface area contributed by atoms with Gasteiger partial charge in [0.25, 0.3) is 0 Å². The lowest BCUT2D eigenvalue weighted by atomic mass is 10.0. The Balaban J connectivity index is 1.84. The predicted octanol–water partition coefficient (Wildman–Crippen LogP) is 1.03. The average molecular weight is 503 g/mol. The predicted molar refractivity (Wildman–Crippen MR) is 110 cm³/mol.